The van der Waals surface area contributed by atoms with E-state index in [0.717, 1.165) is 45.2 Å². The Balaban J connectivity index is 0.00000108. The molecule has 0 bridgehead atoms. The van der Waals surface area contributed by atoms with Crippen LogP contribution in [-0.4, -0.2) is 16.9 Å². The topological polar surface area (TPSA) is 37.6 Å². The number of pyridine rings is 1. The van der Waals surface area contributed by atoms with E-state index < -0.39 is 0 Å². The number of benzene rings is 3. The maximum absolute atomic E-state index is 5.03. The van der Waals surface area contributed by atoms with Gasteiger partial charge in [-0.2, -0.15) is 0 Å². The van der Waals surface area contributed by atoms with Crippen LogP contribution in [0.25, 0.3) is 0 Å². The van der Waals surface area contributed by atoms with E-state index in [-0.39, 0.29) is 0 Å². The van der Waals surface area contributed by atoms with Crippen molar-refractivity contribution in [3.63, 3.8) is 0 Å². The van der Waals surface area contributed by atoms with E-state index in [0.29, 0.717) is 12.9 Å². The van der Waals surface area contributed by atoms with E-state index in [1.165, 1.54) is 11.1 Å². The normalized spacial score (nSPS) is 11.4. The van der Waals surface area contributed by atoms with Gasteiger partial charge in [0.05, 0.1) is 34.7 Å². The first-order chi connectivity index (χ1) is 16.9. The van der Waals surface area contributed by atoms with E-state index in [4.69, 9.17) is 30.3 Å². The fraction of sp³-hybridized carbons (Fsp3) is 0.138. The van der Waals surface area contributed by atoms with Crippen LogP contribution in [0.1, 0.15) is 39.2 Å². The number of hydrogen-bond acceptors (Lipinski definition) is 3. The third kappa shape index (κ3) is 7.87. The number of halogens is 2. The zero-order valence-corrected chi connectivity index (χ0v) is 22.6. The zero-order valence-electron chi connectivity index (χ0n) is 20.1. The molecule has 35 heavy (non-hydrogen) atoms. The van der Waals surface area contributed by atoms with Crippen LogP contribution in [0.2, 0.25) is 0 Å². The Hall–Kier alpha value is -2.76. The third-order valence-electron chi connectivity index (χ3n) is 5.33. The number of aryl methyl sites for hydroxylation is 4. The molecule has 0 aliphatic rings. The molecule has 0 radical (unpaired) electrons. The molecule has 0 saturated heterocycles. The van der Waals surface area contributed by atoms with Crippen molar-refractivity contribution in [2.45, 2.75) is 27.7 Å². The molecule has 0 N–H and O–H groups in total. The van der Waals surface area contributed by atoms with Gasteiger partial charge in [0.1, 0.15) is 0 Å². The molecular formula is C29H27Cl2CoN3. The second-order valence-corrected chi connectivity index (χ2v) is 9.88. The summed E-state index contributed by atoms with van der Waals surface area (Å²) in [6.45, 7) is 8.35. The molecule has 0 fully saturated rings. The summed E-state index contributed by atoms with van der Waals surface area (Å²) >= 11 is 0.382. The Bertz CT molecular complexity index is 1340. The molecule has 4 aromatic rings. The van der Waals surface area contributed by atoms with Crippen LogP contribution in [0.5, 0.6) is 0 Å². The van der Waals surface area contributed by atoms with Gasteiger partial charge in [-0.05, 0) is 63.1 Å². The second kappa shape index (κ2) is 13.4. The molecule has 1 heterocycles. The van der Waals surface area contributed by atoms with Gasteiger partial charge >= 0.3 is 33.2 Å². The summed E-state index contributed by atoms with van der Waals surface area (Å²) in [4.78, 5) is 14.6. The fourth-order valence-electron chi connectivity index (χ4n) is 3.66. The van der Waals surface area contributed by atoms with E-state index in [1.807, 2.05) is 48.7 Å². The minimum absolute atomic E-state index is 0.382. The van der Waals surface area contributed by atoms with Crippen LogP contribution in [0.15, 0.2) is 94.9 Å². The summed E-state index contributed by atoms with van der Waals surface area (Å²) in [5.74, 6) is 0. The SMILES string of the molecule is Cc1ccc(N=Cc2cccc(C(=Nc3ccc(C)cc3C)c3ccccc3)n2)c(C)c1.[Cl][Co][Cl]. The summed E-state index contributed by atoms with van der Waals surface area (Å²) < 4.78 is 0. The molecule has 0 saturated carbocycles. The molecule has 0 atom stereocenters. The quantitative estimate of drug-likeness (QED) is 0.231. The first-order valence-electron chi connectivity index (χ1n) is 11.0. The molecule has 3 nitrogen and oxygen atoms in total. The van der Waals surface area contributed by atoms with Crippen molar-refractivity contribution >= 4 is 43.6 Å². The Morgan fingerprint density at radius 3 is 1.94 bits per heavy atom. The molecule has 4 rings (SSSR count). The Labute approximate surface area is 222 Å². The molecule has 6 heteroatoms. The van der Waals surface area contributed by atoms with Crippen molar-refractivity contribution in [2.75, 3.05) is 0 Å². The van der Waals surface area contributed by atoms with Crippen molar-refractivity contribution in [2.24, 2.45) is 9.98 Å². The molecule has 0 spiro atoms. The van der Waals surface area contributed by atoms with Crippen LogP contribution in [-0.2, 0) is 12.9 Å². The van der Waals surface area contributed by atoms with Gasteiger partial charge in [0.25, 0.3) is 0 Å². The minimum atomic E-state index is 0.382. The van der Waals surface area contributed by atoms with E-state index in [9.17, 15) is 0 Å². The molecule has 0 amide bonds. The molecule has 0 unspecified atom stereocenters. The molecule has 3 aromatic carbocycles. The van der Waals surface area contributed by atoms with Crippen LogP contribution in [0.4, 0.5) is 11.4 Å². The Kier molecular flexibility index (Phi) is 10.2. The molecule has 181 valence electrons. The number of hydrogen-bond donors (Lipinski definition) is 0. The first kappa shape index (κ1) is 26.8. The van der Waals surface area contributed by atoms with Crippen molar-refractivity contribution in [3.05, 3.63) is 124 Å². The summed E-state index contributed by atoms with van der Waals surface area (Å²) in [6, 6.07) is 28.8. The summed E-state index contributed by atoms with van der Waals surface area (Å²) in [6.07, 6.45) is 1.82. The Morgan fingerprint density at radius 1 is 0.743 bits per heavy atom. The number of nitrogens with zero attached hydrogens (tertiary/aromatic N) is 3. The predicted octanol–water partition coefficient (Wildman–Crippen LogP) is 8.61. The molecule has 0 aliphatic heterocycles. The summed E-state index contributed by atoms with van der Waals surface area (Å²) in [7, 11) is 9.47. The summed E-state index contributed by atoms with van der Waals surface area (Å²) in [5, 5.41) is 0. The van der Waals surface area contributed by atoms with E-state index in [1.54, 1.807) is 0 Å². The van der Waals surface area contributed by atoms with Crippen LogP contribution < -0.4 is 0 Å². The van der Waals surface area contributed by atoms with Gasteiger partial charge in [0.15, 0.2) is 0 Å². The van der Waals surface area contributed by atoms with E-state index in [2.05, 4.69) is 75.2 Å². The number of rotatable bonds is 5. The van der Waals surface area contributed by atoms with Crippen molar-refractivity contribution < 1.29 is 12.9 Å². The average molecular weight is 547 g/mol. The molecule has 0 aliphatic carbocycles. The Morgan fingerprint density at radius 2 is 1.34 bits per heavy atom. The predicted molar refractivity (Wildman–Crippen MR) is 147 cm³/mol. The van der Waals surface area contributed by atoms with E-state index >= 15 is 0 Å². The molecular weight excluding hydrogens is 520 g/mol. The second-order valence-electron chi connectivity index (χ2n) is 8.16. The van der Waals surface area contributed by atoms with Gasteiger partial charge in [0, 0.05) is 5.56 Å². The molecule has 1 aromatic heterocycles. The van der Waals surface area contributed by atoms with Crippen LogP contribution in [0, 0.1) is 27.7 Å². The van der Waals surface area contributed by atoms with Gasteiger partial charge in [-0.1, -0.05) is 71.8 Å². The third-order valence-corrected chi connectivity index (χ3v) is 5.33. The standard InChI is InChI=1S/C29H27N3.2ClH.Co/c1-20-13-15-26(22(3)17-20)30-19-25-11-8-12-28(31-25)29(24-9-6-5-7-10-24)32-27-16-14-21(2)18-23(27)4;;;/h5-19H,1-4H3;2*1H;/q;;;+2/p-2. The van der Waals surface area contributed by atoms with Gasteiger partial charge < -0.3 is 0 Å². The van der Waals surface area contributed by atoms with Crippen molar-refractivity contribution in [1.29, 1.82) is 0 Å². The van der Waals surface area contributed by atoms with Gasteiger partial charge in [-0.15, -0.1) is 0 Å². The number of aliphatic imine (C=N–C) groups is 2. The van der Waals surface area contributed by atoms with Gasteiger partial charge in [0.2, 0.25) is 0 Å². The van der Waals surface area contributed by atoms with Crippen molar-refractivity contribution in [3.8, 4) is 0 Å². The van der Waals surface area contributed by atoms with Gasteiger partial charge in [-0.25, -0.2) is 9.98 Å². The number of aromatic nitrogens is 1. The first-order valence-corrected chi connectivity index (χ1v) is 13.9. The van der Waals surface area contributed by atoms with Gasteiger partial charge in [-0.3, -0.25) is 4.99 Å². The summed E-state index contributed by atoms with van der Waals surface area (Å²) in [5.41, 5.74) is 10.2. The van der Waals surface area contributed by atoms with Crippen LogP contribution in [0.3, 0.4) is 0 Å². The fourth-order valence-corrected chi connectivity index (χ4v) is 3.66. The average Bonchev–Trinajstić information content (AvgIpc) is 2.84. The zero-order chi connectivity index (χ0) is 25.2. The van der Waals surface area contributed by atoms with Crippen LogP contribution >= 0.6 is 20.3 Å². The maximum atomic E-state index is 5.03. The monoisotopic (exact) mass is 546 g/mol. The van der Waals surface area contributed by atoms with Crippen molar-refractivity contribution in [1.82, 2.24) is 4.98 Å².